The maximum Gasteiger partial charge on any atom is 0.339 e. The van der Waals surface area contributed by atoms with Crippen molar-refractivity contribution in [2.24, 2.45) is 0 Å². The van der Waals surface area contributed by atoms with Gasteiger partial charge in [-0.25, -0.2) is 4.79 Å². The summed E-state index contributed by atoms with van der Waals surface area (Å²) < 4.78 is 4.68. The summed E-state index contributed by atoms with van der Waals surface area (Å²) >= 11 is 12.3. The number of rotatable bonds is 2. The van der Waals surface area contributed by atoms with Crippen LogP contribution in [0.2, 0.25) is 10.0 Å². The second kappa shape index (κ2) is 5.51. The lowest BCUT2D eigenvalue weighted by Crippen LogP contribution is -2.06. The van der Waals surface area contributed by atoms with Gasteiger partial charge < -0.3 is 10.5 Å². The minimum atomic E-state index is -0.512. The first-order chi connectivity index (χ1) is 9.04. The number of benzene rings is 2. The predicted molar refractivity (Wildman–Crippen MR) is 77.6 cm³/mol. The lowest BCUT2D eigenvalue weighted by molar-refractivity contribution is 0.0602. The lowest BCUT2D eigenvalue weighted by atomic mass is 10.0. The van der Waals surface area contributed by atoms with Gasteiger partial charge in [-0.15, -0.1) is 0 Å². The molecule has 0 aliphatic carbocycles. The smallest absolute Gasteiger partial charge is 0.339 e. The third-order valence-corrected chi connectivity index (χ3v) is 3.35. The quantitative estimate of drug-likeness (QED) is 0.672. The highest BCUT2D eigenvalue weighted by Crippen LogP contribution is 2.35. The van der Waals surface area contributed by atoms with E-state index in [0.717, 1.165) is 5.56 Å². The Morgan fingerprint density at radius 1 is 1.11 bits per heavy atom. The van der Waals surface area contributed by atoms with E-state index in [9.17, 15) is 4.79 Å². The summed E-state index contributed by atoms with van der Waals surface area (Å²) in [4.78, 5) is 11.6. The van der Waals surface area contributed by atoms with E-state index in [1.54, 1.807) is 12.1 Å². The minimum absolute atomic E-state index is 0.266. The van der Waals surface area contributed by atoms with Crippen molar-refractivity contribution in [3.05, 3.63) is 52.0 Å². The number of halogens is 2. The van der Waals surface area contributed by atoms with Crippen LogP contribution in [0, 0.1) is 0 Å². The van der Waals surface area contributed by atoms with Gasteiger partial charge in [-0.05, 0) is 18.2 Å². The first-order valence-corrected chi connectivity index (χ1v) is 6.22. The van der Waals surface area contributed by atoms with Gasteiger partial charge in [0.2, 0.25) is 0 Å². The number of nitrogen functional groups attached to an aromatic ring is 1. The molecule has 0 spiro atoms. The van der Waals surface area contributed by atoms with Crippen molar-refractivity contribution in [1.29, 1.82) is 0 Å². The Kier molecular flexibility index (Phi) is 3.98. The standard InChI is InChI=1S/C14H11Cl2NO2/c1-19-14(18)10-6-9(12(16)7-13(10)17)8-4-2-3-5-11(8)15/h2-7H,17H2,1H3. The SMILES string of the molecule is COC(=O)c1cc(-c2ccccc2Cl)c(Cl)cc1N. The Labute approximate surface area is 120 Å². The van der Waals surface area contributed by atoms with Gasteiger partial charge in [0.25, 0.3) is 0 Å². The third kappa shape index (κ3) is 2.67. The van der Waals surface area contributed by atoms with Crippen LogP contribution in [0.5, 0.6) is 0 Å². The molecule has 0 aromatic heterocycles. The van der Waals surface area contributed by atoms with Gasteiger partial charge in [0, 0.05) is 21.8 Å². The molecule has 0 heterocycles. The fourth-order valence-corrected chi connectivity index (χ4v) is 2.27. The molecule has 0 aliphatic rings. The summed E-state index contributed by atoms with van der Waals surface area (Å²) in [6, 6.07) is 10.3. The molecule has 0 atom stereocenters. The largest absolute Gasteiger partial charge is 0.465 e. The predicted octanol–water partition coefficient (Wildman–Crippen LogP) is 4.03. The number of methoxy groups -OCH3 is 1. The molecule has 0 bridgehead atoms. The number of carbonyl (C=O) groups excluding carboxylic acids is 1. The van der Waals surface area contributed by atoms with Gasteiger partial charge in [0.1, 0.15) is 0 Å². The first-order valence-electron chi connectivity index (χ1n) is 5.47. The van der Waals surface area contributed by atoms with Crippen molar-refractivity contribution in [3.63, 3.8) is 0 Å². The van der Waals surface area contributed by atoms with Crippen LogP contribution in [0.1, 0.15) is 10.4 Å². The average molecular weight is 296 g/mol. The zero-order valence-electron chi connectivity index (χ0n) is 10.1. The summed E-state index contributed by atoms with van der Waals surface area (Å²) in [5, 5.41) is 0.975. The van der Waals surface area contributed by atoms with E-state index in [1.807, 2.05) is 18.2 Å². The summed E-state index contributed by atoms with van der Waals surface area (Å²) in [6.07, 6.45) is 0. The van der Waals surface area contributed by atoms with Crippen molar-refractivity contribution in [2.75, 3.05) is 12.8 Å². The van der Waals surface area contributed by atoms with Crippen LogP contribution in [-0.4, -0.2) is 13.1 Å². The van der Waals surface area contributed by atoms with Crippen molar-refractivity contribution >= 4 is 34.9 Å². The molecule has 2 aromatic carbocycles. The van der Waals surface area contributed by atoms with Gasteiger partial charge >= 0.3 is 5.97 Å². The lowest BCUT2D eigenvalue weighted by Gasteiger charge is -2.11. The molecular weight excluding hydrogens is 285 g/mol. The van der Waals surface area contributed by atoms with Crippen LogP contribution >= 0.6 is 23.2 Å². The topological polar surface area (TPSA) is 52.3 Å². The van der Waals surface area contributed by atoms with E-state index in [2.05, 4.69) is 4.74 Å². The molecule has 0 amide bonds. The van der Waals surface area contributed by atoms with Crippen LogP contribution in [0.25, 0.3) is 11.1 Å². The van der Waals surface area contributed by atoms with Crippen LogP contribution in [0.15, 0.2) is 36.4 Å². The molecule has 0 saturated heterocycles. The molecule has 2 rings (SSSR count). The second-order valence-corrected chi connectivity index (χ2v) is 4.71. The summed E-state index contributed by atoms with van der Waals surface area (Å²) in [6.45, 7) is 0. The summed E-state index contributed by atoms with van der Waals surface area (Å²) in [5.74, 6) is -0.512. The molecule has 0 radical (unpaired) electrons. The molecule has 2 N–H and O–H groups in total. The normalized spacial score (nSPS) is 10.3. The average Bonchev–Trinajstić information content (AvgIpc) is 2.39. The Bertz CT molecular complexity index is 641. The van der Waals surface area contributed by atoms with Gasteiger partial charge in [-0.1, -0.05) is 41.4 Å². The highest BCUT2D eigenvalue weighted by atomic mass is 35.5. The van der Waals surface area contributed by atoms with Crippen molar-refractivity contribution < 1.29 is 9.53 Å². The Morgan fingerprint density at radius 3 is 2.42 bits per heavy atom. The highest BCUT2D eigenvalue weighted by Gasteiger charge is 2.15. The summed E-state index contributed by atoms with van der Waals surface area (Å²) in [7, 11) is 1.30. The van der Waals surface area contributed by atoms with Gasteiger partial charge in [-0.3, -0.25) is 0 Å². The van der Waals surface area contributed by atoms with Crippen molar-refractivity contribution in [1.82, 2.24) is 0 Å². The molecule has 98 valence electrons. The molecule has 0 fully saturated rings. The van der Waals surface area contributed by atoms with Crippen molar-refractivity contribution in [2.45, 2.75) is 0 Å². The van der Waals surface area contributed by atoms with E-state index in [4.69, 9.17) is 28.9 Å². The Morgan fingerprint density at radius 2 is 1.79 bits per heavy atom. The maximum atomic E-state index is 11.6. The maximum absolute atomic E-state index is 11.6. The molecular formula is C14H11Cl2NO2. The van der Waals surface area contributed by atoms with Crippen LogP contribution in [0.4, 0.5) is 5.69 Å². The minimum Gasteiger partial charge on any atom is -0.465 e. The van der Waals surface area contributed by atoms with Gasteiger partial charge in [0.15, 0.2) is 0 Å². The molecule has 3 nitrogen and oxygen atoms in total. The van der Waals surface area contributed by atoms with Crippen LogP contribution in [-0.2, 0) is 4.74 Å². The van der Waals surface area contributed by atoms with Gasteiger partial charge in [-0.2, -0.15) is 0 Å². The number of hydrogen-bond acceptors (Lipinski definition) is 3. The van der Waals surface area contributed by atoms with Crippen LogP contribution < -0.4 is 5.73 Å². The Balaban J connectivity index is 2.65. The monoisotopic (exact) mass is 295 g/mol. The first kappa shape index (κ1) is 13.7. The Hall–Kier alpha value is -1.71. The van der Waals surface area contributed by atoms with Crippen molar-refractivity contribution in [3.8, 4) is 11.1 Å². The third-order valence-electron chi connectivity index (χ3n) is 2.71. The molecule has 0 aliphatic heterocycles. The van der Waals surface area contributed by atoms with E-state index in [-0.39, 0.29) is 11.3 Å². The molecule has 0 unspecified atom stereocenters. The zero-order chi connectivity index (χ0) is 14.0. The fraction of sp³-hybridized carbons (Fsp3) is 0.0714. The number of anilines is 1. The number of ether oxygens (including phenoxy) is 1. The molecule has 19 heavy (non-hydrogen) atoms. The van der Waals surface area contributed by atoms with Gasteiger partial charge in [0.05, 0.1) is 17.7 Å². The zero-order valence-corrected chi connectivity index (χ0v) is 11.6. The molecule has 2 aromatic rings. The highest BCUT2D eigenvalue weighted by molar-refractivity contribution is 6.36. The van der Waals surface area contributed by atoms with E-state index >= 15 is 0 Å². The van der Waals surface area contributed by atoms with E-state index < -0.39 is 5.97 Å². The number of hydrogen-bond donors (Lipinski definition) is 1. The number of carbonyl (C=O) groups is 1. The number of esters is 1. The van der Waals surface area contributed by atoms with E-state index in [0.29, 0.717) is 15.6 Å². The van der Waals surface area contributed by atoms with E-state index in [1.165, 1.54) is 13.2 Å². The fourth-order valence-electron chi connectivity index (χ4n) is 1.76. The molecule has 0 saturated carbocycles. The second-order valence-electron chi connectivity index (χ2n) is 3.89. The molecule has 5 heteroatoms. The summed E-state index contributed by atoms with van der Waals surface area (Å²) in [5.41, 5.74) is 7.68. The van der Waals surface area contributed by atoms with Crippen LogP contribution in [0.3, 0.4) is 0 Å². The number of nitrogens with two attached hydrogens (primary N) is 1.